The van der Waals surface area contributed by atoms with Crippen molar-refractivity contribution in [1.29, 1.82) is 0 Å². The van der Waals surface area contributed by atoms with E-state index in [-0.39, 0.29) is 0 Å². The van der Waals surface area contributed by atoms with Crippen LogP contribution in [0.25, 0.3) is 22.4 Å². The fourth-order valence-corrected chi connectivity index (χ4v) is 2.30. The summed E-state index contributed by atoms with van der Waals surface area (Å²) in [5.41, 5.74) is 10.7. The van der Waals surface area contributed by atoms with Gasteiger partial charge in [0.05, 0.1) is 16.7 Å². The summed E-state index contributed by atoms with van der Waals surface area (Å²) >= 11 is 0. The lowest BCUT2D eigenvalue weighted by Crippen LogP contribution is -1.95. The van der Waals surface area contributed by atoms with E-state index in [2.05, 4.69) is 27.5 Å². The van der Waals surface area contributed by atoms with Gasteiger partial charge in [0, 0.05) is 25.0 Å². The number of anilines is 1. The van der Waals surface area contributed by atoms with Gasteiger partial charge in [0.1, 0.15) is 5.82 Å². The average molecular weight is 238 g/mol. The Balaban J connectivity index is 2.31. The molecule has 0 aliphatic heterocycles. The van der Waals surface area contributed by atoms with Gasteiger partial charge in [-0.3, -0.25) is 4.98 Å². The van der Waals surface area contributed by atoms with Crippen molar-refractivity contribution in [3.05, 3.63) is 42.2 Å². The van der Waals surface area contributed by atoms with Crippen LogP contribution >= 0.6 is 0 Å². The maximum Gasteiger partial charge on any atom is 0.142 e. The molecule has 0 saturated carbocycles. The van der Waals surface area contributed by atoms with Crippen molar-refractivity contribution < 1.29 is 0 Å². The lowest BCUT2D eigenvalue weighted by atomic mass is 10.2. The molecule has 0 bridgehead atoms. The first-order chi connectivity index (χ1) is 8.66. The minimum atomic E-state index is 0.649. The third-order valence-electron chi connectivity index (χ3n) is 3.11. The molecule has 0 atom stereocenters. The number of aromatic nitrogens is 3. The van der Waals surface area contributed by atoms with Crippen molar-refractivity contribution in [1.82, 2.24) is 14.5 Å². The van der Waals surface area contributed by atoms with Crippen molar-refractivity contribution in [2.75, 3.05) is 5.73 Å². The Morgan fingerprint density at radius 3 is 2.78 bits per heavy atom. The van der Waals surface area contributed by atoms with E-state index in [4.69, 9.17) is 5.73 Å². The number of aryl methyl sites for hydroxylation is 2. The summed E-state index contributed by atoms with van der Waals surface area (Å²) in [5.74, 6) is 0.888. The standard InChI is InChI=1S/C14H14N4/c1-9-4-3-5-12-13(9)18(2)14(17-12)10-6-11(15)8-16-7-10/h3-8H,15H2,1-2H3. The zero-order valence-electron chi connectivity index (χ0n) is 10.4. The first-order valence-corrected chi connectivity index (χ1v) is 5.80. The minimum Gasteiger partial charge on any atom is -0.397 e. The number of fused-ring (bicyclic) bond motifs is 1. The Morgan fingerprint density at radius 1 is 1.22 bits per heavy atom. The van der Waals surface area contributed by atoms with Gasteiger partial charge < -0.3 is 10.3 Å². The van der Waals surface area contributed by atoms with Crippen LogP contribution in [-0.2, 0) is 7.05 Å². The predicted molar refractivity (Wildman–Crippen MR) is 73.1 cm³/mol. The van der Waals surface area contributed by atoms with E-state index >= 15 is 0 Å². The Kier molecular flexibility index (Phi) is 2.30. The van der Waals surface area contributed by atoms with Crippen molar-refractivity contribution in [3.8, 4) is 11.4 Å². The van der Waals surface area contributed by atoms with E-state index < -0.39 is 0 Å². The summed E-state index contributed by atoms with van der Waals surface area (Å²) in [6, 6.07) is 8.02. The molecule has 1 aromatic carbocycles. The normalized spacial score (nSPS) is 11.0. The second-order valence-electron chi connectivity index (χ2n) is 4.44. The summed E-state index contributed by atoms with van der Waals surface area (Å²) in [4.78, 5) is 8.77. The van der Waals surface area contributed by atoms with Crippen molar-refractivity contribution in [2.45, 2.75) is 6.92 Å². The van der Waals surface area contributed by atoms with Gasteiger partial charge in [-0.2, -0.15) is 0 Å². The van der Waals surface area contributed by atoms with Gasteiger partial charge in [0.15, 0.2) is 0 Å². The first-order valence-electron chi connectivity index (χ1n) is 5.80. The number of para-hydroxylation sites is 1. The molecule has 0 saturated heterocycles. The van der Waals surface area contributed by atoms with E-state index in [1.54, 1.807) is 12.4 Å². The smallest absolute Gasteiger partial charge is 0.142 e. The molecule has 4 heteroatoms. The van der Waals surface area contributed by atoms with Crippen LogP contribution < -0.4 is 5.73 Å². The van der Waals surface area contributed by atoms with Gasteiger partial charge in [-0.25, -0.2) is 4.98 Å². The van der Waals surface area contributed by atoms with Crippen LogP contribution in [0.5, 0.6) is 0 Å². The molecule has 4 nitrogen and oxygen atoms in total. The molecule has 0 radical (unpaired) electrons. The highest BCUT2D eigenvalue weighted by molar-refractivity contribution is 5.83. The van der Waals surface area contributed by atoms with Crippen LogP contribution in [0, 0.1) is 6.92 Å². The summed E-state index contributed by atoms with van der Waals surface area (Å²) in [6.45, 7) is 2.09. The number of pyridine rings is 1. The highest BCUT2D eigenvalue weighted by Gasteiger charge is 2.11. The third kappa shape index (κ3) is 1.54. The van der Waals surface area contributed by atoms with Crippen LogP contribution in [0.2, 0.25) is 0 Å². The van der Waals surface area contributed by atoms with Crippen LogP contribution in [0.1, 0.15) is 5.56 Å². The zero-order valence-corrected chi connectivity index (χ0v) is 10.4. The largest absolute Gasteiger partial charge is 0.397 e. The fourth-order valence-electron chi connectivity index (χ4n) is 2.30. The van der Waals surface area contributed by atoms with Crippen LogP contribution in [-0.4, -0.2) is 14.5 Å². The topological polar surface area (TPSA) is 56.7 Å². The van der Waals surface area contributed by atoms with Gasteiger partial charge in [-0.1, -0.05) is 12.1 Å². The van der Waals surface area contributed by atoms with Gasteiger partial charge >= 0.3 is 0 Å². The first kappa shape index (κ1) is 10.8. The SMILES string of the molecule is Cc1cccc2nc(-c3cncc(N)c3)n(C)c12. The Bertz CT molecular complexity index is 728. The van der Waals surface area contributed by atoms with Crippen LogP contribution in [0.15, 0.2) is 36.7 Å². The molecule has 0 amide bonds. The van der Waals surface area contributed by atoms with E-state index in [1.807, 2.05) is 25.2 Å². The number of nitrogens with zero attached hydrogens (tertiary/aromatic N) is 3. The molecule has 3 rings (SSSR count). The molecule has 3 aromatic rings. The number of imidazole rings is 1. The molecule has 2 aromatic heterocycles. The Morgan fingerprint density at radius 2 is 2.06 bits per heavy atom. The molecule has 0 unspecified atom stereocenters. The number of benzene rings is 1. The van der Waals surface area contributed by atoms with E-state index in [1.165, 1.54) is 5.56 Å². The number of nitrogens with two attached hydrogens (primary N) is 1. The monoisotopic (exact) mass is 238 g/mol. The molecule has 0 aliphatic carbocycles. The Hall–Kier alpha value is -2.36. The van der Waals surface area contributed by atoms with Crippen LogP contribution in [0.4, 0.5) is 5.69 Å². The molecule has 0 fully saturated rings. The molecule has 2 heterocycles. The van der Waals surface area contributed by atoms with Crippen LogP contribution in [0.3, 0.4) is 0 Å². The summed E-state index contributed by atoms with van der Waals surface area (Å²) in [6.07, 6.45) is 3.42. The highest BCUT2D eigenvalue weighted by Crippen LogP contribution is 2.25. The lowest BCUT2D eigenvalue weighted by Gasteiger charge is -2.04. The second kappa shape index (κ2) is 3.84. The number of rotatable bonds is 1. The molecule has 2 N–H and O–H groups in total. The average Bonchev–Trinajstić information content (AvgIpc) is 2.68. The summed E-state index contributed by atoms with van der Waals surface area (Å²) in [5, 5.41) is 0. The molecular weight excluding hydrogens is 224 g/mol. The van der Waals surface area contributed by atoms with Crippen molar-refractivity contribution in [3.63, 3.8) is 0 Å². The number of nitrogen functional groups attached to an aromatic ring is 1. The van der Waals surface area contributed by atoms with Gasteiger partial charge in [0.2, 0.25) is 0 Å². The quantitative estimate of drug-likeness (QED) is 0.708. The van der Waals surface area contributed by atoms with Gasteiger partial charge in [-0.05, 0) is 24.6 Å². The maximum atomic E-state index is 5.77. The van der Waals surface area contributed by atoms with Crippen molar-refractivity contribution in [2.24, 2.45) is 7.05 Å². The Labute approximate surface area is 105 Å². The van der Waals surface area contributed by atoms with Gasteiger partial charge in [0.25, 0.3) is 0 Å². The lowest BCUT2D eigenvalue weighted by molar-refractivity contribution is 0.954. The molecule has 18 heavy (non-hydrogen) atoms. The summed E-state index contributed by atoms with van der Waals surface area (Å²) < 4.78 is 2.08. The molecule has 90 valence electrons. The highest BCUT2D eigenvalue weighted by atomic mass is 15.1. The third-order valence-corrected chi connectivity index (χ3v) is 3.11. The maximum absolute atomic E-state index is 5.77. The predicted octanol–water partition coefficient (Wildman–Crippen LogP) is 2.53. The van der Waals surface area contributed by atoms with E-state index in [9.17, 15) is 0 Å². The van der Waals surface area contributed by atoms with Crippen molar-refractivity contribution >= 4 is 16.7 Å². The molecular formula is C14H14N4. The fraction of sp³-hybridized carbons (Fsp3) is 0.143. The number of hydrogen-bond acceptors (Lipinski definition) is 3. The number of hydrogen-bond donors (Lipinski definition) is 1. The minimum absolute atomic E-state index is 0.649. The molecule has 0 spiro atoms. The molecule has 0 aliphatic rings. The summed E-state index contributed by atoms with van der Waals surface area (Å²) in [7, 11) is 2.01. The second-order valence-corrected chi connectivity index (χ2v) is 4.44. The van der Waals surface area contributed by atoms with E-state index in [0.29, 0.717) is 5.69 Å². The van der Waals surface area contributed by atoms with E-state index in [0.717, 1.165) is 22.4 Å². The van der Waals surface area contributed by atoms with Gasteiger partial charge in [-0.15, -0.1) is 0 Å². The zero-order chi connectivity index (χ0) is 12.7.